The van der Waals surface area contributed by atoms with Gasteiger partial charge in [-0.2, -0.15) is 0 Å². The van der Waals surface area contributed by atoms with Crippen LogP contribution in [0.3, 0.4) is 0 Å². The van der Waals surface area contributed by atoms with E-state index in [0.717, 1.165) is 16.9 Å². The van der Waals surface area contributed by atoms with Gasteiger partial charge < -0.3 is 20.5 Å². The molecule has 1 amide bonds. The van der Waals surface area contributed by atoms with Gasteiger partial charge in [0, 0.05) is 23.7 Å². The quantitative estimate of drug-likeness (QED) is 0.778. The van der Waals surface area contributed by atoms with E-state index < -0.39 is 5.91 Å². The first-order chi connectivity index (χ1) is 11.1. The molecule has 2 rings (SSSR count). The van der Waals surface area contributed by atoms with E-state index in [0.29, 0.717) is 23.9 Å². The molecule has 0 radical (unpaired) electrons. The molecule has 0 aliphatic rings. The molecule has 0 atom stereocenters. The summed E-state index contributed by atoms with van der Waals surface area (Å²) >= 11 is 6.02. The minimum Gasteiger partial charge on any atom is -0.497 e. The normalized spacial score (nSPS) is 10.3. The fraction of sp³-hybridized carbons (Fsp3) is 0.235. The largest absolute Gasteiger partial charge is 0.497 e. The number of hydrogen-bond donors (Lipinski definition) is 2. The molecule has 23 heavy (non-hydrogen) atoms. The summed E-state index contributed by atoms with van der Waals surface area (Å²) in [5, 5.41) is 3.92. The van der Waals surface area contributed by atoms with Crippen molar-refractivity contribution in [2.24, 2.45) is 5.73 Å². The van der Waals surface area contributed by atoms with Crippen LogP contribution in [0.2, 0.25) is 5.02 Å². The third kappa shape index (κ3) is 5.47. The Hall–Kier alpha value is -2.24. The van der Waals surface area contributed by atoms with E-state index in [1.54, 1.807) is 25.3 Å². The molecule has 2 aromatic rings. The predicted octanol–water partition coefficient (Wildman–Crippen LogP) is 2.50. The molecule has 0 aliphatic carbocycles. The van der Waals surface area contributed by atoms with E-state index in [2.05, 4.69) is 5.32 Å². The van der Waals surface area contributed by atoms with Crippen LogP contribution in [0.4, 0.5) is 0 Å². The van der Waals surface area contributed by atoms with Crippen LogP contribution in [0.25, 0.3) is 0 Å². The molecule has 2 aromatic carbocycles. The zero-order chi connectivity index (χ0) is 16.7. The van der Waals surface area contributed by atoms with Gasteiger partial charge in [-0.3, -0.25) is 4.79 Å². The smallest absolute Gasteiger partial charge is 0.255 e. The highest BCUT2D eigenvalue weighted by Crippen LogP contribution is 2.23. The molecule has 0 saturated heterocycles. The van der Waals surface area contributed by atoms with E-state index in [1.807, 2.05) is 24.3 Å². The zero-order valence-corrected chi connectivity index (χ0v) is 13.6. The monoisotopic (exact) mass is 334 g/mol. The number of nitrogens with one attached hydrogen (secondary N) is 1. The van der Waals surface area contributed by atoms with E-state index >= 15 is 0 Å². The maximum atomic E-state index is 10.8. The summed E-state index contributed by atoms with van der Waals surface area (Å²) < 4.78 is 10.5. The molecular formula is C17H19ClN2O3. The minimum atomic E-state index is -0.517. The molecule has 0 spiro atoms. The fourth-order valence-electron chi connectivity index (χ4n) is 2.06. The van der Waals surface area contributed by atoms with Crippen molar-refractivity contribution in [3.63, 3.8) is 0 Å². The predicted molar refractivity (Wildman–Crippen MR) is 89.7 cm³/mol. The molecule has 0 bridgehead atoms. The Morgan fingerprint density at radius 3 is 2.57 bits per heavy atom. The second-order valence-electron chi connectivity index (χ2n) is 4.96. The molecule has 122 valence electrons. The number of hydrogen-bond acceptors (Lipinski definition) is 4. The lowest BCUT2D eigenvalue weighted by molar-refractivity contribution is -0.119. The molecule has 6 heteroatoms. The van der Waals surface area contributed by atoms with E-state index in [-0.39, 0.29) is 6.61 Å². The average Bonchev–Trinajstić information content (AvgIpc) is 2.54. The number of carbonyl (C=O) groups excluding carboxylic acids is 1. The van der Waals surface area contributed by atoms with Crippen molar-refractivity contribution in [1.82, 2.24) is 5.32 Å². The Bertz CT molecular complexity index is 659. The first kappa shape index (κ1) is 17.1. The van der Waals surface area contributed by atoms with Crippen LogP contribution >= 0.6 is 11.6 Å². The second kappa shape index (κ2) is 8.41. The number of benzene rings is 2. The first-order valence-corrected chi connectivity index (χ1v) is 7.49. The number of methoxy groups -OCH3 is 1. The lowest BCUT2D eigenvalue weighted by Crippen LogP contribution is -2.21. The van der Waals surface area contributed by atoms with Crippen LogP contribution in [0.15, 0.2) is 42.5 Å². The zero-order valence-electron chi connectivity index (χ0n) is 12.8. The van der Waals surface area contributed by atoms with Gasteiger partial charge in [-0.25, -0.2) is 0 Å². The summed E-state index contributed by atoms with van der Waals surface area (Å²) in [6.45, 7) is 1.08. The Kier molecular flexibility index (Phi) is 6.26. The van der Waals surface area contributed by atoms with Crippen LogP contribution in [0, 0.1) is 0 Å². The topological polar surface area (TPSA) is 73.6 Å². The van der Waals surface area contributed by atoms with Crippen molar-refractivity contribution in [2.75, 3.05) is 13.7 Å². The molecule has 0 fully saturated rings. The number of primary amides is 1. The third-order valence-corrected chi connectivity index (χ3v) is 3.43. The van der Waals surface area contributed by atoms with Crippen LogP contribution in [0.1, 0.15) is 11.1 Å². The maximum Gasteiger partial charge on any atom is 0.255 e. The molecule has 0 heterocycles. The Balaban J connectivity index is 1.95. The van der Waals surface area contributed by atoms with Crippen molar-refractivity contribution < 1.29 is 14.3 Å². The van der Waals surface area contributed by atoms with Gasteiger partial charge in [0.25, 0.3) is 5.91 Å². The number of amides is 1. The summed E-state index contributed by atoms with van der Waals surface area (Å²) in [5.74, 6) is 0.901. The lowest BCUT2D eigenvalue weighted by Gasteiger charge is -2.12. The molecule has 0 unspecified atom stereocenters. The highest BCUT2D eigenvalue weighted by molar-refractivity contribution is 6.30. The van der Waals surface area contributed by atoms with E-state index in [1.165, 1.54) is 0 Å². The van der Waals surface area contributed by atoms with Gasteiger partial charge >= 0.3 is 0 Å². The van der Waals surface area contributed by atoms with E-state index in [4.69, 9.17) is 26.8 Å². The number of nitrogens with two attached hydrogens (primary N) is 1. The van der Waals surface area contributed by atoms with Crippen LogP contribution in [-0.4, -0.2) is 19.6 Å². The highest BCUT2D eigenvalue weighted by atomic mass is 35.5. The highest BCUT2D eigenvalue weighted by Gasteiger charge is 2.06. The Morgan fingerprint density at radius 2 is 1.91 bits per heavy atom. The van der Waals surface area contributed by atoms with Gasteiger partial charge in [-0.1, -0.05) is 23.7 Å². The van der Waals surface area contributed by atoms with Gasteiger partial charge in [-0.15, -0.1) is 0 Å². The molecular weight excluding hydrogens is 316 g/mol. The van der Waals surface area contributed by atoms with Gasteiger partial charge in [-0.05, 0) is 35.9 Å². The third-order valence-electron chi connectivity index (χ3n) is 3.20. The Morgan fingerprint density at radius 1 is 1.17 bits per heavy atom. The molecule has 0 saturated carbocycles. The molecule has 0 aromatic heterocycles. The van der Waals surface area contributed by atoms with Gasteiger partial charge in [0.05, 0.1) is 7.11 Å². The summed E-state index contributed by atoms with van der Waals surface area (Å²) in [4.78, 5) is 10.8. The molecule has 5 nitrogen and oxygen atoms in total. The maximum absolute atomic E-state index is 10.8. The van der Waals surface area contributed by atoms with Crippen molar-refractivity contribution in [3.05, 3.63) is 58.6 Å². The second-order valence-corrected chi connectivity index (χ2v) is 5.40. The van der Waals surface area contributed by atoms with Gasteiger partial charge in [0.2, 0.25) is 0 Å². The lowest BCUT2D eigenvalue weighted by atomic mass is 10.2. The van der Waals surface area contributed by atoms with E-state index in [9.17, 15) is 4.79 Å². The first-order valence-electron chi connectivity index (χ1n) is 7.11. The number of ether oxygens (including phenoxy) is 2. The summed E-state index contributed by atoms with van der Waals surface area (Å²) in [6.07, 6.45) is 0. The average molecular weight is 335 g/mol. The van der Waals surface area contributed by atoms with Crippen LogP contribution < -0.4 is 20.5 Å². The minimum absolute atomic E-state index is 0.160. The van der Waals surface area contributed by atoms with Crippen LogP contribution in [-0.2, 0) is 17.9 Å². The summed E-state index contributed by atoms with van der Waals surface area (Å²) in [6, 6.07) is 13.1. The number of carbonyl (C=O) groups is 1. The number of halogens is 1. The van der Waals surface area contributed by atoms with Crippen LogP contribution in [0.5, 0.6) is 11.5 Å². The Labute approximate surface area is 140 Å². The summed E-state index contributed by atoms with van der Waals surface area (Å²) in [5.41, 5.74) is 7.10. The van der Waals surface area contributed by atoms with Crippen molar-refractivity contribution >= 4 is 17.5 Å². The van der Waals surface area contributed by atoms with Crippen molar-refractivity contribution in [2.45, 2.75) is 13.1 Å². The van der Waals surface area contributed by atoms with Gasteiger partial charge in [0.15, 0.2) is 6.61 Å². The summed E-state index contributed by atoms with van der Waals surface area (Å²) in [7, 11) is 1.64. The van der Waals surface area contributed by atoms with Crippen molar-refractivity contribution in [1.29, 1.82) is 0 Å². The fourth-order valence-corrected chi connectivity index (χ4v) is 2.26. The molecule has 0 aliphatic heterocycles. The van der Waals surface area contributed by atoms with Gasteiger partial charge in [0.1, 0.15) is 11.5 Å². The SMILES string of the molecule is COc1ccc(CNCc2cc(Cl)ccc2OCC(N)=O)cc1. The number of rotatable bonds is 8. The standard InChI is InChI=1S/C17H19ClN2O3/c1-22-15-5-2-12(3-6-15)9-20-10-13-8-14(18)4-7-16(13)23-11-17(19)21/h2-8,20H,9-11H2,1H3,(H2,19,21). The molecule has 3 N–H and O–H groups in total. The van der Waals surface area contributed by atoms with Crippen molar-refractivity contribution in [3.8, 4) is 11.5 Å².